The number of amides is 1. The van der Waals surface area contributed by atoms with Crippen LogP contribution in [0.4, 0.5) is 0 Å². The molecule has 0 saturated carbocycles. The number of allylic oxidation sites excluding steroid dienone is 7. The third-order valence-corrected chi connectivity index (χ3v) is 13.9. The van der Waals surface area contributed by atoms with Crippen molar-refractivity contribution in [2.24, 2.45) is 0 Å². The fourth-order valence-electron chi connectivity index (χ4n) is 9.23. The summed E-state index contributed by atoms with van der Waals surface area (Å²) in [6, 6.07) is -0.815. The maximum absolute atomic E-state index is 12.5. The van der Waals surface area contributed by atoms with Crippen molar-refractivity contribution in [2.75, 3.05) is 6.61 Å². The van der Waals surface area contributed by atoms with Gasteiger partial charge in [0.2, 0.25) is 5.91 Å². The molecule has 4 N–H and O–H groups in total. The predicted octanol–water partition coefficient (Wildman–Crippen LogP) is 18.8. The molecule has 5 heteroatoms. The van der Waals surface area contributed by atoms with Crippen LogP contribution in [0.15, 0.2) is 48.6 Å². The number of unbranched alkanes of at least 4 members (excludes halogenated alkanes) is 41. The van der Waals surface area contributed by atoms with Crippen LogP contribution in [-0.2, 0) is 4.79 Å². The van der Waals surface area contributed by atoms with Crippen LogP contribution in [0.3, 0.4) is 0 Å². The van der Waals surface area contributed by atoms with Crippen LogP contribution in [0, 0.1) is 0 Å². The van der Waals surface area contributed by atoms with Gasteiger partial charge >= 0.3 is 0 Å². The summed E-state index contributed by atoms with van der Waals surface area (Å²) in [6.45, 7) is 4.20. The molecule has 0 radical (unpaired) electrons. The lowest BCUT2D eigenvalue weighted by molar-refractivity contribution is -0.131. The lowest BCUT2D eigenvalue weighted by Crippen LogP contribution is -2.48. The maximum atomic E-state index is 12.5. The van der Waals surface area contributed by atoms with E-state index in [-0.39, 0.29) is 6.61 Å². The van der Waals surface area contributed by atoms with Crippen molar-refractivity contribution in [1.82, 2.24) is 5.32 Å². The molecule has 3 atom stereocenters. The van der Waals surface area contributed by atoms with Crippen LogP contribution in [0.5, 0.6) is 0 Å². The van der Waals surface area contributed by atoms with Gasteiger partial charge in [-0.25, -0.2) is 0 Å². The first-order valence-corrected chi connectivity index (χ1v) is 30.0. The molecule has 0 spiro atoms. The molecular formula is C62H117NO4. The molecule has 67 heavy (non-hydrogen) atoms. The van der Waals surface area contributed by atoms with Gasteiger partial charge in [0.05, 0.1) is 18.8 Å². The van der Waals surface area contributed by atoms with E-state index in [0.717, 1.165) is 44.9 Å². The summed E-state index contributed by atoms with van der Waals surface area (Å²) in [5.74, 6) is -0.510. The van der Waals surface area contributed by atoms with Crippen LogP contribution in [0.25, 0.3) is 0 Å². The van der Waals surface area contributed by atoms with Gasteiger partial charge in [0.15, 0.2) is 0 Å². The molecule has 0 aromatic carbocycles. The highest BCUT2D eigenvalue weighted by molar-refractivity contribution is 5.80. The quantitative estimate of drug-likeness (QED) is 0.0361. The molecule has 0 rings (SSSR count). The average Bonchev–Trinajstić information content (AvgIpc) is 3.33. The summed E-state index contributed by atoms with van der Waals surface area (Å²) in [7, 11) is 0. The lowest BCUT2D eigenvalue weighted by atomic mass is 10.0. The first kappa shape index (κ1) is 65.3. The predicted molar refractivity (Wildman–Crippen MR) is 296 cm³/mol. The minimum absolute atomic E-state index is 0.375. The average molecular weight is 941 g/mol. The summed E-state index contributed by atoms with van der Waals surface area (Å²) < 4.78 is 0. The molecule has 3 unspecified atom stereocenters. The summed E-state index contributed by atoms with van der Waals surface area (Å²) in [4.78, 5) is 12.5. The fourth-order valence-corrected chi connectivity index (χ4v) is 9.23. The zero-order valence-corrected chi connectivity index (χ0v) is 45.0. The molecule has 0 aliphatic heterocycles. The van der Waals surface area contributed by atoms with E-state index in [1.807, 2.05) is 6.08 Å². The van der Waals surface area contributed by atoms with E-state index >= 15 is 0 Å². The van der Waals surface area contributed by atoms with E-state index in [0.29, 0.717) is 6.42 Å². The van der Waals surface area contributed by atoms with Gasteiger partial charge < -0.3 is 20.6 Å². The Morgan fingerprint density at radius 2 is 0.657 bits per heavy atom. The van der Waals surface area contributed by atoms with Crippen molar-refractivity contribution < 1.29 is 20.1 Å². The van der Waals surface area contributed by atoms with Gasteiger partial charge in [0.1, 0.15) is 6.10 Å². The Balaban J connectivity index is 3.53. The standard InChI is InChI=1S/C62H117NO4/c1-3-5-7-9-11-13-15-17-19-21-22-23-24-25-26-27-28-29-30-31-32-33-34-35-36-37-38-39-41-43-45-47-49-51-53-55-57-61(66)62(67)63-59(58-64)60(65)56-54-52-50-48-46-44-42-40-20-18-16-14-12-10-8-6-4-2/h26-27,29-30,46,48,54,56,59-61,64-66H,3-25,28,31-45,47,49-53,55,57-58H2,1-2H3,(H,63,67)/b27-26-,30-29-,48-46+,56-54+. The SMILES string of the molecule is CCCCCCCCCCCCC/C=C/CC/C=C/C(O)C(CO)NC(=O)C(O)CCCCCCCCCCCCCCCCCC/C=C\C/C=C\CCCCCCCCCCCCCCC. The lowest BCUT2D eigenvalue weighted by Gasteiger charge is -2.21. The Hall–Kier alpha value is -1.69. The molecule has 0 aliphatic rings. The second kappa shape index (κ2) is 56.9. The first-order valence-electron chi connectivity index (χ1n) is 30.0. The van der Waals surface area contributed by atoms with E-state index in [4.69, 9.17) is 0 Å². The molecule has 0 aromatic heterocycles. The molecule has 5 nitrogen and oxygen atoms in total. The van der Waals surface area contributed by atoms with E-state index in [1.165, 1.54) is 250 Å². The molecule has 0 bridgehead atoms. The number of aliphatic hydroxyl groups excluding tert-OH is 3. The van der Waals surface area contributed by atoms with Crippen LogP contribution in [0.1, 0.15) is 316 Å². The molecule has 0 aromatic rings. The molecule has 0 fully saturated rings. The van der Waals surface area contributed by atoms with Crippen molar-refractivity contribution in [3.05, 3.63) is 48.6 Å². The monoisotopic (exact) mass is 940 g/mol. The van der Waals surface area contributed by atoms with E-state index in [1.54, 1.807) is 6.08 Å². The van der Waals surface area contributed by atoms with Crippen molar-refractivity contribution in [2.45, 2.75) is 334 Å². The fraction of sp³-hybridized carbons (Fsp3) is 0.855. The molecule has 0 aliphatic carbocycles. The highest BCUT2D eigenvalue weighted by Crippen LogP contribution is 2.17. The number of hydrogen-bond donors (Lipinski definition) is 4. The Kier molecular flexibility index (Phi) is 55.5. The molecular weight excluding hydrogens is 823 g/mol. The maximum Gasteiger partial charge on any atom is 0.249 e. The second-order valence-corrected chi connectivity index (χ2v) is 20.5. The van der Waals surface area contributed by atoms with Crippen LogP contribution in [0.2, 0.25) is 0 Å². The minimum atomic E-state index is -1.11. The highest BCUT2D eigenvalue weighted by Gasteiger charge is 2.22. The second-order valence-electron chi connectivity index (χ2n) is 20.5. The van der Waals surface area contributed by atoms with Crippen molar-refractivity contribution in [1.29, 1.82) is 0 Å². The Bertz CT molecular complexity index is 1080. The van der Waals surface area contributed by atoms with Gasteiger partial charge in [-0.15, -0.1) is 0 Å². The zero-order valence-electron chi connectivity index (χ0n) is 45.0. The van der Waals surface area contributed by atoms with Gasteiger partial charge in [-0.1, -0.05) is 300 Å². The minimum Gasteiger partial charge on any atom is -0.394 e. The topological polar surface area (TPSA) is 89.8 Å². The third-order valence-electron chi connectivity index (χ3n) is 13.9. The highest BCUT2D eigenvalue weighted by atomic mass is 16.3. The number of carbonyl (C=O) groups excluding carboxylic acids is 1. The zero-order chi connectivity index (χ0) is 48.6. The third kappa shape index (κ3) is 52.0. The number of rotatable bonds is 55. The smallest absolute Gasteiger partial charge is 0.249 e. The van der Waals surface area contributed by atoms with E-state index < -0.39 is 24.2 Å². The van der Waals surface area contributed by atoms with E-state index in [2.05, 4.69) is 55.6 Å². The van der Waals surface area contributed by atoms with Crippen molar-refractivity contribution in [3.8, 4) is 0 Å². The molecule has 1 amide bonds. The van der Waals surface area contributed by atoms with Gasteiger partial charge in [-0.3, -0.25) is 4.79 Å². The normalized spacial score (nSPS) is 13.6. The van der Waals surface area contributed by atoms with Gasteiger partial charge in [-0.05, 0) is 64.2 Å². The summed E-state index contributed by atoms with van der Waals surface area (Å²) in [6.07, 6.45) is 76.4. The van der Waals surface area contributed by atoms with Gasteiger partial charge in [-0.2, -0.15) is 0 Å². The molecule has 0 saturated heterocycles. The Labute approximate surface area is 418 Å². The van der Waals surface area contributed by atoms with Crippen molar-refractivity contribution in [3.63, 3.8) is 0 Å². The first-order chi connectivity index (χ1) is 33.1. The summed E-state index contributed by atoms with van der Waals surface area (Å²) >= 11 is 0. The van der Waals surface area contributed by atoms with E-state index in [9.17, 15) is 20.1 Å². The number of nitrogens with one attached hydrogen (secondary N) is 1. The van der Waals surface area contributed by atoms with Crippen LogP contribution < -0.4 is 5.32 Å². The summed E-state index contributed by atoms with van der Waals surface area (Å²) in [5, 5.41) is 33.3. The Morgan fingerprint density at radius 3 is 1.00 bits per heavy atom. The number of hydrogen-bond acceptors (Lipinski definition) is 4. The summed E-state index contributed by atoms with van der Waals surface area (Å²) in [5.41, 5.74) is 0. The van der Waals surface area contributed by atoms with Crippen molar-refractivity contribution >= 4 is 5.91 Å². The van der Waals surface area contributed by atoms with Crippen LogP contribution in [-0.4, -0.2) is 46.1 Å². The largest absolute Gasteiger partial charge is 0.394 e. The number of aliphatic hydroxyl groups is 3. The van der Waals surface area contributed by atoms with Gasteiger partial charge in [0, 0.05) is 0 Å². The van der Waals surface area contributed by atoms with Crippen LogP contribution >= 0.6 is 0 Å². The Morgan fingerprint density at radius 1 is 0.373 bits per heavy atom. The number of carbonyl (C=O) groups is 1. The molecule has 0 heterocycles. The molecule has 394 valence electrons. The van der Waals surface area contributed by atoms with Gasteiger partial charge in [0.25, 0.3) is 0 Å².